The van der Waals surface area contributed by atoms with Crippen LogP contribution < -0.4 is 15.4 Å². The lowest BCUT2D eigenvalue weighted by Gasteiger charge is -2.24. The molecule has 0 aromatic rings. The first-order valence-corrected chi connectivity index (χ1v) is 9.41. The lowest BCUT2D eigenvalue weighted by molar-refractivity contribution is -0.132. The zero-order valence-corrected chi connectivity index (χ0v) is 16.6. The summed E-state index contributed by atoms with van der Waals surface area (Å²) in [6.07, 6.45) is 5.20. The van der Waals surface area contributed by atoms with E-state index in [9.17, 15) is 19.2 Å². The molecule has 0 aromatic heterocycles. The minimum Gasteiger partial charge on any atom is -0.355 e. The molecular weight excluding hydrogens is 368 g/mol. The van der Waals surface area contributed by atoms with Crippen molar-refractivity contribution in [2.75, 3.05) is 33.2 Å². The number of hydrogen-bond donors (Lipinski definition) is 4. The second kappa shape index (κ2) is 17.9. The van der Waals surface area contributed by atoms with Crippen molar-refractivity contribution < 1.29 is 19.2 Å². The monoisotopic (exact) mass is 404 g/mol. The van der Waals surface area contributed by atoms with Crippen molar-refractivity contribution in [3.05, 3.63) is 0 Å². The highest BCUT2D eigenvalue weighted by Gasteiger charge is 2.27. The zero-order chi connectivity index (χ0) is 19.8. The number of thiol groups is 1. The van der Waals surface area contributed by atoms with Crippen molar-refractivity contribution in [1.82, 2.24) is 20.3 Å². The summed E-state index contributed by atoms with van der Waals surface area (Å²) in [7, 11) is 1.72. The third kappa shape index (κ3) is 14.3. The number of nitrogens with one attached hydrogen (secondary N) is 3. The molecule has 0 saturated carbocycles. The molecule has 8 nitrogen and oxygen atoms in total. The van der Waals surface area contributed by atoms with Crippen LogP contribution in [0.3, 0.4) is 0 Å². The third-order valence-electron chi connectivity index (χ3n) is 3.93. The maximum atomic E-state index is 12.2. The van der Waals surface area contributed by atoms with Gasteiger partial charge >= 0.3 is 0 Å². The highest BCUT2D eigenvalue weighted by molar-refractivity contribution is 7.78. The number of Topliss-reactive ketones (excluding diaryl/α,β-unsaturated/α-hetero) is 1. The van der Waals surface area contributed by atoms with E-state index < -0.39 is 0 Å². The van der Waals surface area contributed by atoms with E-state index in [1.54, 1.807) is 14.0 Å². The van der Waals surface area contributed by atoms with Crippen LogP contribution in [0.4, 0.5) is 0 Å². The fourth-order valence-corrected chi connectivity index (χ4v) is 2.78. The molecular formula is C18H36N4O4S. The van der Waals surface area contributed by atoms with Gasteiger partial charge in [0.2, 0.25) is 11.8 Å². The van der Waals surface area contributed by atoms with E-state index in [1.165, 1.54) is 0 Å². The number of aldehydes is 1. The highest BCUT2D eigenvalue weighted by atomic mass is 32.1. The van der Waals surface area contributed by atoms with E-state index in [1.807, 2.05) is 4.90 Å². The number of likely N-dealkylation sites (N-methyl/N-ethyl adjacent to an activating group) is 1. The average molecular weight is 405 g/mol. The van der Waals surface area contributed by atoms with Gasteiger partial charge in [-0.3, -0.25) is 14.3 Å². The van der Waals surface area contributed by atoms with Gasteiger partial charge in [-0.1, -0.05) is 20.2 Å². The van der Waals surface area contributed by atoms with Gasteiger partial charge in [0.05, 0.1) is 13.1 Å². The fourth-order valence-electron chi connectivity index (χ4n) is 2.71. The van der Waals surface area contributed by atoms with Gasteiger partial charge in [0, 0.05) is 32.0 Å². The molecule has 2 amide bonds. The SMILES string of the molecule is C.CNCC(=O)NCCCC(=O)N1CCC[C@H]1CCC(C)=O.O=CCNS. The van der Waals surface area contributed by atoms with Crippen molar-refractivity contribution >= 4 is 36.7 Å². The van der Waals surface area contributed by atoms with Crippen molar-refractivity contribution in [2.45, 2.75) is 58.9 Å². The smallest absolute Gasteiger partial charge is 0.233 e. The number of rotatable bonds is 11. The first kappa shape index (κ1) is 27.8. The van der Waals surface area contributed by atoms with Gasteiger partial charge < -0.3 is 25.1 Å². The Labute approximate surface area is 168 Å². The number of likely N-dealkylation sites (tertiary alicyclic amines) is 1. The van der Waals surface area contributed by atoms with E-state index >= 15 is 0 Å². The molecule has 1 aliphatic heterocycles. The molecule has 0 unspecified atom stereocenters. The minimum absolute atomic E-state index is 0. The molecule has 0 radical (unpaired) electrons. The van der Waals surface area contributed by atoms with Crippen LogP contribution in [-0.2, 0) is 19.2 Å². The predicted molar refractivity (Wildman–Crippen MR) is 111 cm³/mol. The van der Waals surface area contributed by atoms with E-state index in [0.29, 0.717) is 38.9 Å². The molecule has 3 N–H and O–H groups in total. The number of nitrogens with zero attached hydrogens (tertiary/aromatic N) is 1. The Morgan fingerprint density at radius 3 is 2.48 bits per heavy atom. The Hall–Kier alpha value is -1.45. The molecule has 1 atom stereocenters. The van der Waals surface area contributed by atoms with Crippen LogP contribution in [0, 0.1) is 0 Å². The van der Waals surface area contributed by atoms with Crippen molar-refractivity contribution in [2.24, 2.45) is 0 Å². The van der Waals surface area contributed by atoms with E-state index in [2.05, 4.69) is 28.2 Å². The van der Waals surface area contributed by atoms with E-state index in [0.717, 1.165) is 32.1 Å². The Kier molecular flexibility index (Phi) is 18.4. The number of amides is 2. The Bertz CT molecular complexity index is 449. The largest absolute Gasteiger partial charge is 0.355 e. The van der Waals surface area contributed by atoms with Crippen LogP contribution in [0.5, 0.6) is 0 Å². The Balaban J connectivity index is 0. The second-order valence-electron chi connectivity index (χ2n) is 6.14. The molecule has 158 valence electrons. The summed E-state index contributed by atoms with van der Waals surface area (Å²) in [6.45, 7) is 3.54. The quantitative estimate of drug-likeness (QED) is 0.230. The number of hydrogen-bond acceptors (Lipinski definition) is 7. The van der Waals surface area contributed by atoms with Crippen LogP contribution >= 0.6 is 12.8 Å². The van der Waals surface area contributed by atoms with Gasteiger partial charge in [0.25, 0.3) is 0 Å². The van der Waals surface area contributed by atoms with Gasteiger partial charge in [-0.2, -0.15) is 0 Å². The van der Waals surface area contributed by atoms with Crippen LogP contribution in [0.25, 0.3) is 0 Å². The predicted octanol–water partition coefficient (Wildman–Crippen LogP) is 0.718. The lowest BCUT2D eigenvalue weighted by Crippen LogP contribution is -2.37. The average Bonchev–Trinajstić information content (AvgIpc) is 3.07. The highest BCUT2D eigenvalue weighted by Crippen LogP contribution is 2.22. The van der Waals surface area contributed by atoms with Gasteiger partial charge in [0.1, 0.15) is 12.1 Å². The van der Waals surface area contributed by atoms with Crippen molar-refractivity contribution in [1.29, 1.82) is 0 Å². The summed E-state index contributed by atoms with van der Waals surface area (Å²) in [5.41, 5.74) is 0. The van der Waals surface area contributed by atoms with E-state index in [-0.39, 0.29) is 31.1 Å². The maximum absolute atomic E-state index is 12.2. The van der Waals surface area contributed by atoms with Gasteiger partial charge in [-0.05, 0) is 39.7 Å². The molecule has 1 heterocycles. The summed E-state index contributed by atoms with van der Waals surface area (Å²) in [6, 6.07) is 0.222. The molecule has 9 heteroatoms. The van der Waals surface area contributed by atoms with Crippen LogP contribution in [0.15, 0.2) is 0 Å². The summed E-state index contributed by atoms with van der Waals surface area (Å²) in [4.78, 5) is 45.7. The summed E-state index contributed by atoms with van der Waals surface area (Å²) < 4.78 is 2.34. The normalized spacial score (nSPS) is 15.2. The molecule has 27 heavy (non-hydrogen) atoms. The summed E-state index contributed by atoms with van der Waals surface area (Å²) in [5.74, 6) is 0.274. The van der Waals surface area contributed by atoms with Crippen molar-refractivity contribution in [3.63, 3.8) is 0 Å². The minimum atomic E-state index is -0.0505. The number of carbonyl (C=O) groups is 4. The molecule has 0 bridgehead atoms. The number of carbonyl (C=O) groups excluding carboxylic acids is 4. The van der Waals surface area contributed by atoms with E-state index in [4.69, 9.17) is 0 Å². The lowest BCUT2D eigenvalue weighted by atomic mass is 10.1. The zero-order valence-electron chi connectivity index (χ0n) is 15.8. The van der Waals surface area contributed by atoms with Gasteiger partial charge in [0.15, 0.2) is 0 Å². The topological polar surface area (TPSA) is 108 Å². The Morgan fingerprint density at radius 1 is 1.26 bits per heavy atom. The molecule has 0 aromatic carbocycles. The fraction of sp³-hybridized carbons (Fsp3) is 0.778. The van der Waals surface area contributed by atoms with Crippen molar-refractivity contribution in [3.8, 4) is 0 Å². The Morgan fingerprint density at radius 2 is 1.96 bits per heavy atom. The standard InChI is InChI=1S/C15H27N3O3.C2H5NOS.CH4/c1-12(19)7-8-13-5-4-10-18(13)15(21)6-3-9-17-14(20)11-16-2;4-2-1-3-5;/h13,16H,3-11H2,1-2H3,(H,17,20);2-3,5H,1H2;1H4/t13-;;/m0../s1. The molecule has 1 saturated heterocycles. The summed E-state index contributed by atoms with van der Waals surface area (Å²) in [5, 5.41) is 5.54. The number of ketones is 1. The molecule has 1 fully saturated rings. The molecule has 0 aliphatic carbocycles. The van der Waals surface area contributed by atoms with Crippen LogP contribution in [0.2, 0.25) is 0 Å². The van der Waals surface area contributed by atoms with Crippen LogP contribution in [-0.4, -0.2) is 68.1 Å². The molecule has 1 aliphatic rings. The van der Waals surface area contributed by atoms with Gasteiger partial charge in [-0.15, -0.1) is 0 Å². The molecule has 1 rings (SSSR count). The molecule has 0 spiro atoms. The third-order valence-corrected chi connectivity index (χ3v) is 4.11. The first-order valence-electron chi connectivity index (χ1n) is 8.97. The first-order chi connectivity index (χ1) is 12.5. The summed E-state index contributed by atoms with van der Waals surface area (Å²) >= 11 is 3.52. The van der Waals surface area contributed by atoms with Crippen LogP contribution in [0.1, 0.15) is 52.9 Å². The second-order valence-corrected chi connectivity index (χ2v) is 6.45. The maximum Gasteiger partial charge on any atom is 0.233 e. The van der Waals surface area contributed by atoms with Gasteiger partial charge in [-0.25, -0.2) is 0 Å².